The van der Waals surface area contributed by atoms with Gasteiger partial charge in [0.1, 0.15) is 5.82 Å². The third-order valence-electron chi connectivity index (χ3n) is 5.14. The smallest absolute Gasteiger partial charge is 0.158 e. The molecule has 24 heavy (non-hydrogen) atoms. The number of piperidine rings is 1. The molecule has 1 fully saturated rings. The van der Waals surface area contributed by atoms with Crippen LogP contribution < -0.4 is 5.32 Å². The Morgan fingerprint density at radius 3 is 2.79 bits per heavy atom. The maximum Gasteiger partial charge on any atom is 0.158 e. The molecule has 1 saturated heterocycles. The van der Waals surface area contributed by atoms with Crippen LogP contribution >= 0.6 is 0 Å². The Labute approximate surface area is 142 Å². The van der Waals surface area contributed by atoms with E-state index in [4.69, 9.17) is 4.98 Å². The van der Waals surface area contributed by atoms with Crippen molar-refractivity contribution >= 4 is 22.4 Å². The minimum absolute atomic E-state index is 0.733. The number of fused-ring (bicyclic) bond motifs is 3. The van der Waals surface area contributed by atoms with E-state index in [1.807, 2.05) is 17.5 Å². The van der Waals surface area contributed by atoms with Crippen molar-refractivity contribution in [3.63, 3.8) is 0 Å². The molecule has 0 aliphatic carbocycles. The lowest BCUT2D eigenvalue weighted by atomic mass is 9.97. The summed E-state index contributed by atoms with van der Waals surface area (Å²) in [4.78, 5) is 7.35. The number of para-hydroxylation sites is 1. The van der Waals surface area contributed by atoms with E-state index in [1.54, 1.807) is 0 Å². The molecule has 126 valence electrons. The summed E-state index contributed by atoms with van der Waals surface area (Å²) in [6.07, 6.45) is 2.54. The number of hydrogen-bond donors (Lipinski definition) is 1. The first-order chi connectivity index (χ1) is 11.7. The second kappa shape index (κ2) is 6.40. The fraction of sp³-hybridized carbons (Fsp3) is 0.474. The largest absolute Gasteiger partial charge is 0.369 e. The Kier molecular flexibility index (Phi) is 4.10. The van der Waals surface area contributed by atoms with Crippen LogP contribution in [0.15, 0.2) is 30.3 Å². The van der Waals surface area contributed by atoms with Gasteiger partial charge in [-0.25, -0.2) is 9.50 Å². The molecule has 3 aromatic rings. The number of nitrogens with one attached hydrogen (secondary N) is 1. The molecule has 0 spiro atoms. The summed E-state index contributed by atoms with van der Waals surface area (Å²) in [6.45, 7) is 8.87. The van der Waals surface area contributed by atoms with E-state index in [2.05, 4.69) is 46.5 Å². The lowest BCUT2D eigenvalue weighted by molar-refractivity contribution is 0.198. The van der Waals surface area contributed by atoms with Gasteiger partial charge in [0.05, 0.1) is 11.2 Å². The second-order valence-corrected chi connectivity index (χ2v) is 6.79. The van der Waals surface area contributed by atoms with Crippen LogP contribution in [0.1, 0.15) is 25.5 Å². The highest BCUT2D eigenvalue weighted by atomic mass is 15.3. The first-order valence-corrected chi connectivity index (χ1v) is 8.96. The Morgan fingerprint density at radius 1 is 1.21 bits per heavy atom. The number of rotatable bonds is 4. The van der Waals surface area contributed by atoms with Crippen molar-refractivity contribution in [1.29, 1.82) is 0 Å². The lowest BCUT2D eigenvalue weighted by Gasteiger charge is -2.31. The van der Waals surface area contributed by atoms with Gasteiger partial charge in [-0.3, -0.25) is 0 Å². The van der Waals surface area contributed by atoms with E-state index in [-0.39, 0.29) is 0 Å². The maximum absolute atomic E-state index is 4.82. The zero-order valence-electron chi connectivity index (χ0n) is 14.5. The minimum Gasteiger partial charge on any atom is -0.369 e. The van der Waals surface area contributed by atoms with Crippen molar-refractivity contribution in [1.82, 2.24) is 19.5 Å². The number of benzene rings is 1. The van der Waals surface area contributed by atoms with Crippen LogP contribution in [-0.2, 0) is 0 Å². The van der Waals surface area contributed by atoms with Crippen LogP contribution in [-0.4, -0.2) is 45.7 Å². The van der Waals surface area contributed by atoms with E-state index in [1.165, 1.54) is 32.5 Å². The predicted octanol–water partition coefficient (Wildman–Crippen LogP) is 3.33. The number of nitrogens with zero attached hydrogens (tertiary/aromatic N) is 4. The predicted molar refractivity (Wildman–Crippen MR) is 98.6 cm³/mol. The second-order valence-electron chi connectivity index (χ2n) is 6.79. The molecule has 0 atom stereocenters. The van der Waals surface area contributed by atoms with Gasteiger partial charge in [0.25, 0.3) is 0 Å². The van der Waals surface area contributed by atoms with Crippen LogP contribution in [0.5, 0.6) is 0 Å². The number of hydrogen-bond acceptors (Lipinski definition) is 4. The molecule has 3 heterocycles. The van der Waals surface area contributed by atoms with Gasteiger partial charge in [0, 0.05) is 18.0 Å². The monoisotopic (exact) mass is 323 g/mol. The molecule has 1 N–H and O–H groups in total. The molecule has 0 unspecified atom stereocenters. The van der Waals surface area contributed by atoms with Crippen molar-refractivity contribution in [3.05, 3.63) is 36.0 Å². The first-order valence-electron chi connectivity index (χ1n) is 8.96. The van der Waals surface area contributed by atoms with Crippen molar-refractivity contribution in [2.75, 3.05) is 31.5 Å². The van der Waals surface area contributed by atoms with Gasteiger partial charge >= 0.3 is 0 Å². The van der Waals surface area contributed by atoms with Crippen LogP contribution in [0.25, 0.3) is 16.6 Å². The number of likely N-dealkylation sites (tertiary alicyclic amines) is 1. The minimum atomic E-state index is 0.733. The molecular formula is C19H25N5. The van der Waals surface area contributed by atoms with E-state index in [9.17, 15) is 0 Å². The summed E-state index contributed by atoms with van der Waals surface area (Å²) in [6, 6.07) is 10.4. The zero-order valence-corrected chi connectivity index (χ0v) is 14.5. The van der Waals surface area contributed by atoms with Crippen molar-refractivity contribution in [2.24, 2.45) is 5.92 Å². The molecule has 0 saturated carbocycles. The lowest BCUT2D eigenvalue weighted by Crippen LogP contribution is -2.35. The quantitative estimate of drug-likeness (QED) is 0.800. The molecule has 5 heteroatoms. The summed E-state index contributed by atoms with van der Waals surface area (Å²) >= 11 is 0. The molecule has 5 nitrogen and oxygen atoms in total. The molecule has 0 radical (unpaired) electrons. The summed E-state index contributed by atoms with van der Waals surface area (Å²) in [5.74, 6) is 1.71. The Balaban J connectivity index is 1.59. The van der Waals surface area contributed by atoms with E-state index in [0.29, 0.717) is 0 Å². The standard InChI is InChI=1S/C19H25N5/c1-3-23-10-8-15(9-11-23)13-20-19-16-6-4-5-7-17(16)24-18(21-19)12-14(2)22-24/h4-7,12,15H,3,8-11,13H2,1-2H3,(H,20,21). The highest BCUT2D eigenvalue weighted by Crippen LogP contribution is 2.24. The molecule has 0 bridgehead atoms. The maximum atomic E-state index is 4.82. The fourth-order valence-corrected chi connectivity index (χ4v) is 3.66. The van der Waals surface area contributed by atoms with Gasteiger partial charge in [0.2, 0.25) is 0 Å². The Bertz CT molecular complexity index is 845. The zero-order chi connectivity index (χ0) is 16.5. The SMILES string of the molecule is CCN1CCC(CNc2nc3cc(C)nn3c3ccccc23)CC1. The van der Waals surface area contributed by atoms with E-state index < -0.39 is 0 Å². The summed E-state index contributed by atoms with van der Waals surface area (Å²) in [7, 11) is 0. The van der Waals surface area contributed by atoms with Gasteiger partial charge in [-0.2, -0.15) is 5.10 Å². The van der Waals surface area contributed by atoms with Crippen LogP contribution in [0.2, 0.25) is 0 Å². The molecule has 1 aliphatic rings. The highest BCUT2D eigenvalue weighted by molar-refractivity contribution is 5.91. The van der Waals surface area contributed by atoms with Crippen molar-refractivity contribution in [2.45, 2.75) is 26.7 Å². The molecule has 1 aliphatic heterocycles. The average molecular weight is 323 g/mol. The number of anilines is 1. The molecule has 0 amide bonds. The number of aryl methyl sites for hydroxylation is 1. The Hall–Kier alpha value is -2.14. The van der Waals surface area contributed by atoms with Gasteiger partial charge in [-0.1, -0.05) is 19.1 Å². The Morgan fingerprint density at radius 2 is 2.00 bits per heavy atom. The van der Waals surface area contributed by atoms with Crippen LogP contribution in [0.4, 0.5) is 5.82 Å². The van der Waals surface area contributed by atoms with Crippen LogP contribution in [0.3, 0.4) is 0 Å². The topological polar surface area (TPSA) is 45.5 Å². The van der Waals surface area contributed by atoms with Gasteiger partial charge < -0.3 is 10.2 Å². The van der Waals surface area contributed by atoms with Gasteiger partial charge in [-0.15, -0.1) is 0 Å². The molecule has 2 aromatic heterocycles. The summed E-state index contributed by atoms with van der Waals surface area (Å²) < 4.78 is 1.94. The van der Waals surface area contributed by atoms with E-state index in [0.717, 1.165) is 40.5 Å². The third-order valence-corrected chi connectivity index (χ3v) is 5.14. The third kappa shape index (κ3) is 2.84. The van der Waals surface area contributed by atoms with Crippen molar-refractivity contribution in [3.8, 4) is 0 Å². The summed E-state index contributed by atoms with van der Waals surface area (Å²) in [5, 5.41) is 9.33. The normalized spacial score (nSPS) is 16.9. The van der Waals surface area contributed by atoms with Gasteiger partial charge in [0.15, 0.2) is 5.65 Å². The highest BCUT2D eigenvalue weighted by Gasteiger charge is 2.18. The van der Waals surface area contributed by atoms with Crippen LogP contribution in [0, 0.1) is 12.8 Å². The van der Waals surface area contributed by atoms with Gasteiger partial charge in [-0.05, 0) is 57.5 Å². The summed E-state index contributed by atoms with van der Waals surface area (Å²) in [5.41, 5.74) is 3.02. The molecule has 1 aromatic carbocycles. The van der Waals surface area contributed by atoms with E-state index >= 15 is 0 Å². The molecule has 4 rings (SSSR count). The number of aromatic nitrogens is 3. The average Bonchev–Trinajstić information content (AvgIpc) is 3.00. The van der Waals surface area contributed by atoms with Crippen molar-refractivity contribution < 1.29 is 0 Å². The molecular weight excluding hydrogens is 298 g/mol. The fourth-order valence-electron chi connectivity index (χ4n) is 3.66. The first kappa shape index (κ1) is 15.4.